The summed E-state index contributed by atoms with van der Waals surface area (Å²) in [5.41, 5.74) is -1.36. The summed E-state index contributed by atoms with van der Waals surface area (Å²) >= 11 is 0. The van der Waals surface area contributed by atoms with E-state index in [0.717, 1.165) is 38.5 Å². The fourth-order valence-electron chi connectivity index (χ4n) is 14.8. The summed E-state index contributed by atoms with van der Waals surface area (Å²) in [5, 5.41) is 117. The van der Waals surface area contributed by atoms with Crippen LogP contribution < -0.4 is 0 Å². The molecule has 372 valence electrons. The van der Waals surface area contributed by atoms with Crippen LogP contribution in [0, 0.1) is 50.2 Å². The molecule has 0 unspecified atom stereocenters. The second kappa shape index (κ2) is 17.8. The van der Waals surface area contributed by atoms with Crippen molar-refractivity contribution in [3.63, 3.8) is 0 Å². The Kier molecular flexibility index (Phi) is 13.7. The number of carbonyl (C=O) groups excluding carboxylic acids is 1. The van der Waals surface area contributed by atoms with Crippen LogP contribution in [0.5, 0.6) is 0 Å². The number of esters is 1. The van der Waals surface area contributed by atoms with E-state index in [-0.39, 0.29) is 52.6 Å². The van der Waals surface area contributed by atoms with E-state index in [2.05, 4.69) is 40.7 Å². The fraction of sp³-hybridized carbons (Fsp3) is 0.936. The summed E-state index contributed by atoms with van der Waals surface area (Å²) < 4.78 is 35.4. The van der Waals surface area contributed by atoms with Crippen LogP contribution in [0.25, 0.3) is 0 Å². The van der Waals surface area contributed by atoms with Crippen LogP contribution in [-0.4, -0.2) is 181 Å². The number of fused-ring (bicyclic) bond motifs is 7. The van der Waals surface area contributed by atoms with Crippen LogP contribution in [-0.2, 0) is 33.2 Å². The Morgan fingerprint density at radius 1 is 0.677 bits per heavy atom. The molecule has 8 aliphatic rings. The van der Waals surface area contributed by atoms with Gasteiger partial charge in [0.2, 0.25) is 6.29 Å². The molecule has 0 radical (unpaired) electrons. The summed E-state index contributed by atoms with van der Waals surface area (Å²) in [6, 6.07) is 0. The van der Waals surface area contributed by atoms with Crippen molar-refractivity contribution in [1.82, 2.24) is 0 Å². The molecule has 0 aromatic rings. The van der Waals surface area contributed by atoms with E-state index < -0.39 is 122 Å². The number of ether oxygens (including phenoxy) is 6. The van der Waals surface area contributed by atoms with Crippen LogP contribution in [0.4, 0.5) is 0 Å². The number of aliphatic hydroxyl groups excluding tert-OH is 11. The van der Waals surface area contributed by atoms with Crippen LogP contribution >= 0.6 is 0 Å². The molecule has 0 spiro atoms. The van der Waals surface area contributed by atoms with Crippen LogP contribution in [0.1, 0.15) is 106 Å². The van der Waals surface area contributed by atoms with Crippen molar-refractivity contribution in [2.45, 2.75) is 198 Å². The van der Waals surface area contributed by atoms with Gasteiger partial charge in [-0.3, -0.25) is 4.79 Å². The van der Waals surface area contributed by atoms with E-state index >= 15 is 0 Å². The van der Waals surface area contributed by atoms with Crippen molar-refractivity contribution in [2.75, 3.05) is 26.4 Å². The molecule has 18 heteroatoms. The van der Waals surface area contributed by atoms with Gasteiger partial charge in [-0.15, -0.1) is 0 Å². The first-order valence-corrected chi connectivity index (χ1v) is 23.9. The predicted molar refractivity (Wildman–Crippen MR) is 226 cm³/mol. The maximum absolute atomic E-state index is 14.7. The molecular weight excluding hydrogens is 852 g/mol. The van der Waals surface area contributed by atoms with E-state index in [1.54, 1.807) is 0 Å². The van der Waals surface area contributed by atoms with Gasteiger partial charge < -0.3 is 84.6 Å². The van der Waals surface area contributed by atoms with Crippen LogP contribution in [0.15, 0.2) is 11.6 Å². The molecule has 5 aliphatic carbocycles. The molecule has 23 atom stereocenters. The summed E-state index contributed by atoms with van der Waals surface area (Å²) in [7, 11) is 0. The third-order valence-corrected chi connectivity index (χ3v) is 19.1. The van der Waals surface area contributed by atoms with Crippen LogP contribution in [0.2, 0.25) is 0 Å². The SMILES string of the molecule is CC1(C)CC[C@]2(C(=O)O[C@H]3O[C@H](CO)[C@@H](O)[C@H](O)[C@H]3O)CC[C@]3(C)C(=CC[C@@H]4[C@@]5(C)CC[C@H](O[C@H]6O[C@H](CO)[C@@H](O)[C@H](O[C@@H]7OC[C@H](O)[C@H](O)[C@H]7O)[C@H]6O)[C@@](C)(CO)[C@@H]5CC[C@]43C)[C@@H]2C1. The Morgan fingerprint density at radius 3 is 2.00 bits per heavy atom. The lowest BCUT2D eigenvalue weighted by Gasteiger charge is -2.71. The maximum atomic E-state index is 14.7. The molecule has 0 amide bonds. The maximum Gasteiger partial charge on any atom is 0.315 e. The molecule has 0 aromatic heterocycles. The highest BCUT2D eigenvalue weighted by Crippen LogP contribution is 2.76. The molecule has 4 saturated carbocycles. The Hall–Kier alpha value is -1.43. The minimum atomic E-state index is -1.70. The molecule has 65 heavy (non-hydrogen) atoms. The Morgan fingerprint density at radius 2 is 1.32 bits per heavy atom. The van der Waals surface area contributed by atoms with Crippen LogP contribution in [0.3, 0.4) is 0 Å². The standard InChI is InChI=1S/C47H76O18/c1-42(2)13-15-47(41(59)65-39-35(57)33(55)31(53)25(18-48)61-39)16-14-45(5)22(23(47)17-42)7-8-28-43(3)11-10-29(44(4,21-50)27(43)9-12-46(28,45)6)63-40-36(58)37(32(54)26(19-49)62-40)64-38-34(56)30(52)24(51)20-60-38/h7,23-40,48-58H,8-21H2,1-6H3/t23-,24-,25+,26+,27+,28+,29-,30-,31+,32+,33-,34+,35+,36+,37-,38-,39+,40+,43-,44-,45+,46+,47-/m0/s1. The Bertz CT molecular complexity index is 1760. The van der Waals surface area contributed by atoms with E-state index in [1.807, 2.05) is 6.92 Å². The molecule has 3 heterocycles. The largest absolute Gasteiger partial charge is 0.432 e. The second-order valence-electron chi connectivity index (χ2n) is 22.9. The van der Waals surface area contributed by atoms with Crippen molar-refractivity contribution < 1.29 is 89.4 Å². The highest BCUT2D eigenvalue weighted by atomic mass is 16.7. The first-order valence-electron chi connectivity index (χ1n) is 23.9. The molecule has 7 fully saturated rings. The third-order valence-electron chi connectivity index (χ3n) is 19.1. The van der Waals surface area contributed by atoms with Gasteiger partial charge in [0.1, 0.15) is 67.1 Å². The molecule has 8 rings (SSSR count). The van der Waals surface area contributed by atoms with Gasteiger partial charge >= 0.3 is 5.97 Å². The molecule has 18 nitrogen and oxygen atoms in total. The molecule has 11 N–H and O–H groups in total. The lowest BCUT2D eigenvalue weighted by Crippen LogP contribution is -2.67. The summed E-state index contributed by atoms with van der Waals surface area (Å²) in [5.74, 6) is -0.531. The zero-order valence-corrected chi connectivity index (χ0v) is 38.6. The predicted octanol–water partition coefficient (Wildman–Crippen LogP) is -0.248. The second-order valence-corrected chi connectivity index (χ2v) is 22.9. The average Bonchev–Trinajstić information content (AvgIpc) is 3.26. The minimum Gasteiger partial charge on any atom is -0.432 e. The molecular formula is C47H76O18. The number of allylic oxidation sites excluding steroid dienone is 2. The first-order chi connectivity index (χ1) is 30.5. The summed E-state index contributed by atoms with van der Waals surface area (Å²) in [6.07, 6.45) is -12.6. The fourth-order valence-corrected chi connectivity index (χ4v) is 14.8. The van der Waals surface area contributed by atoms with Gasteiger partial charge in [-0.1, -0.05) is 53.2 Å². The van der Waals surface area contributed by atoms with Gasteiger partial charge in [-0.2, -0.15) is 0 Å². The van der Waals surface area contributed by atoms with Crippen molar-refractivity contribution in [1.29, 1.82) is 0 Å². The lowest BCUT2D eigenvalue weighted by molar-refractivity contribution is -0.363. The zero-order valence-electron chi connectivity index (χ0n) is 38.6. The molecule has 0 bridgehead atoms. The number of hydrogen-bond acceptors (Lipinski definition) is 18. The molecule has 3 aliphatic heterocycles. The summed E-state index contributed by atoms with van der Waals surface area (Å²) in [4.78, 5) is 14.7. The van der Waals surface area contributed by atoms with Gasteiger partial charge in [0.15, 0.2) is 12.6 Å². The average molecular weight is 929 g/mol. The van der Waals surface area contributed by atoms with E-state index in [4.69, 9.17) is 28.4 Å². The summed E-state index contributed by atoms with van der Waals surface area (Å²) in [6.45, 7) is 11.7. The third kappa shape index (κ3) is 7.80. The minimum absolute atomic E-state index is 0.0362. The van der Waals surface area contributed by atoms with E-state index in [0.29, 0.717) is 25.7 Å². The topological polar surface area (TPSA) is 295 Å². The number of rotatable bonds is 9. The number of aliphatic hydroxyl groups is 11. The Labute approximate surface area is 380 Å². The highest BCUT2D eigenvalue weighted by Gasteiger charge is 2.70. The van der Waals surface area contributed by atoms with Crippen molar-refractivity contribution >= 4 is 5.97 Å². The quantitative estimate of drug-likeness (QED) is 0.0808. The lowest BCUT2D eigenvalue weighted by atomic mass is 9.33. The highest BCUT2D eigenvalue weighted by molar-refractivity contribution is 5.79. The van der Waals surface area contributed by atoms with E-state index in [9.17, 15) is 61.0 Å². The van der Waals surface area contributed by atoms with Gasteiger partial charge in [-0.25, -0.2) is 0 Å². The Balaban J connectivity index is 1.04. The molecule has 0 aromatic carbocycles. The number of carbonyl (C=O) groups is 1. The van der Waals surface area contributed by atoms with Gasteiger partial charge in [0.05, 0.1) is 37.9 Å². The van der Waals surface area contributed by atoms with Gasteiger partial charge in [0.25, 0.3) is 0 Å². The van der Waals surface area contributed by atoms with Gasteiger partial charge in [0, 0.05) is 5.41 Å². The van der Waals surface area contributed by atoms with Crippen molar-refractivity contribution in [3.8, 4) is 0 Å². The van der Waals surface area contributed by atoms with E-state index in [1.165, 1.54) is 5.57 Å². The smallest absolute Gasteiger partial charge is 0.315 e. The first kappa shape index (κ1) is 50.0. The zero-order chi connectivity index (χ0) is 47.4. The molecule has 3 saturated heterocycles. The monoisotopic (exact) mass is 929 g/mol. The van der Waals surface area contributed by atoms with Crippen molar-refractivity contribution in [2.24, 2.45) is 50.2 Å². The van der Waals surface area contributed by atoms with Crippen molar-refractivity contribution in [3.05, 3.63) is 11.6 Å². The van der Waals surface area contributed by atoms with Gasteiger partial charge in [-0.05, 0) is 104 Å². The normalized spacial score (nSPS) is 54.3. The number of hydrogen-bond donors (Lipinski definition) is 11.